The number of halogens is 3. The zero-order valence-electron chi connectivity index (χ0n) is 80.6. The average molecular weight is 2010 g/mol. The summed E-state index contributed by atoms with van der Waals surface area (Å²) >= 11 is 9.63. The van der Waals surface area contributed by atoms with Crippen LogP contribution in [0.4, 0.5) is 34.1 Å². The van der Waals surface area contributed by atoms with Gasteiger partial charge in [0.25, 0.3) is 0 Å². The average Bonchev–Trinajstić information content (AvgIpc) is 1.56. The van der Waals surface area contributed by atoms with Gasteiger partial charge in [0.2, 0.25) is 0 Å². The molecule has 0 saturated carbocycles. The first kappa shape index (κ1) is 96.0. The SMILES string of the molecule is Brc1ccc2c(c1)-c1cc(I)ccc1C2.CCCCCCCCC1(CCCCCCCC)C2=C(C=C[C+]=C2)c2ccc(N(c3ccc(B4OC(C)(C)C(C)(C)O4)cc3)c3ccc(-c4ccccc4)cc3)cc21.CCCCCCCCC1(CCCCCCCC)c2ccccc2-c2ccc(N(c3ccc(-c4ccccc4)cc3)c3ccc(-c4ccc5c(c4)-c4cc(Br)ccc4C5)cc3)cc21. The van der Waals surface area contributed by atoms with Crippen molar-refractivity contribution >= 4 is 107 Å². The van der Waals surface area contributed by atoms with E-state index in [1.807, 2.05) is 0 Å². The maximum absolute atomic E-state index is 6.46. The number of fused-ring (bicyclic) bond motifs is 11. The summed E-state index contributed by atoms with van der Waals surface area (Å²) in [6.45, 7) is 17.7. The van der Waals surface area contributed by atoms with Crippen LogP contribution in [0.1, 0.15) is 280 Å². The van der Waals surface area contributed by atoms with E-state index in [1.165, 1.54) is 323 Å². The molecule has 1 fully saturated rings. The molecule has 13 aromatic rings. The predicted octanol–water partition coefficient (Wildman–Crippen LogP) is 37.8. The molecular formula is C126H135BBr2IN2O2+. The number of hydrogen-bond acceptors (Lipinski definition) is 4. The highest BCUT2D eigenvalue weighted by Crippen LogP contribution is 2.59. The highest BCUT2D eigenvalue weighted by molar-refractivity contribution is 14.1. The summed E-state index contributed by atoms with van der Waals surface area (Å²) in [5.41, 5.74) is 37.6. The summed E-state index contributed by atoms with van der Waals surface area (Å²) in [6.07, 6.45) is 48.7. The van der Waals surface area contributed by atoms with Gasteiger partial charge < -0.3 is 19.1 Å². The summed E-state index contributed by atoms with van der Waals surface area (Å²) in [6, 6.07) is 109. The van der Waals surface area contributed by atoms with Crippen molar-refractivity contribution < 1.29 is 9.31 Å². The summed E-state index contributed by atoms with van der Waals surface area (Å²) < 4.78 is 16.5. The molecule has 6 aliphatic rings. The standard InChI is InChI=1S/C60H62BrN.C53H65BNO2.C13H8BrI/c1-3-5-7-9-11-18-38-60(39-19-12-10-8-6-4-2)58-23-17-16-22-54(58)55-37-36-53(43-59(55)60)62(51-32-27-45(28-33-51)44-20-14-13-15-21-44)52-34-29-46(30-35-52)47-24-25-48-40-49-26-31-50(61)42-57(49)56(48)41-47;1-7-9-11-13-15-22-38-53(39-23-16-14-12-10-8-2)49-27-21-20-26-47(49)48-37-36-46(40-50(48)53)55(44-32-28-42(29-33-44)41-24-18-17-19-25-41)45-34-30-43(31-35-45)54-56-51(3,4)52(5,6)57-54;14-10-3-1-8-5-9-2-4-11(15)7-13(9)12(8)6-10/h13-17,20-37,41-43H,3-12,18-19,38-40H2,1-2H3;17-20,24-37,40H,7-16,22-23,38-39H2,1-6H3;1-4,6-7H,5H2/q;+1;. The number of benzene rings is 13. The quantitative estimate of drug-likeness (QED) is 0.0167. The van der Waals surface area contributed by atoms with Crippen molar-refractivity contribution in [3.05, 3.63) is 378 Å². The van der Waals surface area contributed by atoms with Gasteiger partial charge in [-0.3, -0.25) is 0 Å². The van der Waals surface area contributed by atoms with Crippen LogP contribution < -0.4 is 15.3 Å². The Morgan fingerprint density at radius 2 is 0.664 bits per heavy atom. The van der Waals surface area contributed by atoms with Crippen LogP contribution in [0, 0.1) is 9.65 Å². The number of anilines is 6. The van der Waals surface area contributed by atoms with Crippen molar-refractivity contribution in [2.45, 2.75) is 270 Å². The first-order chi connectivity index (χ1) is 65.5. The second-order valence-corrected chi connectivity index (χ2v) is 42.6. The lowest BCUT2D eigenvalue weighted by molar-refractivity contribution is 0.00578. The summed E-state index contributed by atoms with van der Waals surface area (Å²) in [5.74, 6) is 0. The van der Waals surface area contributed by atoms with E-state index in [2.05, 4.69) is 435 Å². The smallest absolute Gasteiger partial charge is 0.399 e. The lowest BCUT2D eigenvalue weighted by Crippen LogP contribution is -2.41. The molecule has 0 bridgehead atoms. The fourth-order valence-corrected chi connectivity index (χ4v) is 23.2. The Kier molecular flexibility index (Phi) is 31.9. The molecular weight excluding hydrogens is 1870 g/mol. The van der Waals surface area contributed by atoms with Gasteiger partial charge in [0.05, 0.1) is 33.8 Å². The van der Waals surface area contributed by atoms with E-state index < -0.39 is 7.12 Å². The largest absolute Gasteiger partial charge is 0.494 e. The molecule has 19 rings (SSSR count). The number of nitrogens with zero attached hydrogens (tertiary/aromatic N) is 2. The van der Waals surface area contributed by atoms with Gasteiger partial charge in [-0.05, 0) is 321 Å². The lowest BCUT2D eigenvalue weighted by atomic mass is 9.69. The van der Waals surface area contributed by atoms with Crippen molar-refractivity contribution in [3.63, 3.8) is 0 Å². The fourth-order valence-electron chi connectivity index (χ4n) is 22.0. The van der Waals surface area contributed by atoms with Crippen molar-refractivity contribution in [1.29, 1.82) is 0 Å². The Balaban J connectivity index is 0.000000161. The molecule has 1 aliphatic heterocycles. The van der Waals surface area contributed by atoms with E-state index in [9.17, 15) is 0 Å². The molecule has 0 amide bonds. The third-order valence-corrected chi connectivity index (χ3v) is 31.7. The van der Waals surface area contributed by atoms with Crippen LogP contribution in [0.3, 0.4) is 0 Å². The van der Waals surface area contributed by atoms with Crippen LogP contribution in [0.2, 0.25) is 0 Å². The van der Waals surface area contributed by atoms with E-state index in [0.29, 0.717) is 0 Å². The highest BCUT2D eigenvalue weighted by Gasteiger charge is 2.53. The molecule has 1 heterocycles. The van der Waals surface area contributed by atoms with E-state index in [0.717, 1.165) is 38.6 Å². The second kappa shape index (κ2) is 44.6. The molecule has 0 unspecified atom stereocenters. The maximum atomic E-state index is 6.46. The van der Waals surface area contributed by atoms with E-state index in [4.69, 9.17) is 9.31 Å². The summed E-state index contributed by atoms with van der Waals surface area (Å²) in [4.78, 5) is 4.94. The number of rotatable bonds is 38. The molecule has 134 heavy (non-hydrogen) atoms. The predicted molar refractivity (Wildman–Crippen MR) is 589 cm³/mol. The van der Waals surface area contributed by atoms with Gasteiger partial charge in [0.15, 0.2) is 0 Å². The highest BCUT2D eigenvalue weighted by atomic mass is 127. The molecule has 13 aromatic carbocycles. The molecule has 0 spiro atoms. The van der Waals surface area contributed by atoms with Crippen molar-refractivity contribution in [2.75, 3.05) is 9.80 Å². The molecule has 8 heteroatoms. The van der Waals surface area contributed by atoms with E-state index >= 15 is 0 Å². The van der Waals surface area contributed by atoms with E-state index in [-0.39, 0.29) is 22.0 Å². The normalized spacial score (nSPS) is 14.7. The molecule has 684 valence electrons. The van der Waals surface area contributed by atoms with Gasteiger partial charge in [-0.25, -0.2) is 0 Å². The topological polar surface area (TPSA) is 24.9 Å². The van der Waals surface area contributed by atoms with Gasteiger partial charge in [-0.15, -0.1) is 0 Å². The van der Waals surface area contributed by atoms with Gasteiger partial charge in [-0.2, -0.15) is 0 Å². The van der Waals surface area contributed by atoms with Crippen LogP contribution in [0.25, 0.3) is 72.3 Å². The number of hydrogen-bond donors (Lipinski definition) is 0. The minimum atomic E-state index is -0.400. The van der Waals surface area contributed by atoms with Gasteiger partial charge in [0, 0.05) is 63.7 Å². The zero-order chi connectivity index (χ0) is 92.6. The first-order valence-electron chi connectivity index (χ1n) is 50.8. The Morgan fingerprint density at radius 1 is 0.313 bits per heavy atom. The maximum Gasteiger partial charge on any atom is 0.494 e. The monoisotopic (exact) mass is 2000 g/mol. The number of allylic oxidation sites excluding steroid dienone is 6. The second-order valence-electron chi connectivity index (χ2n) is 39.6. The van der Waals surface area contributed by atoms with Gasteiger partial charge >= 0.3 is 7.12 Å². The lowest BCUT2D eigenvalue weighted by Gasteiger charge is -2.34. The molecule has 0 aromatic heterocycles. The van der Waals surface area contributed by atoms with Crippen LogP contribution in [-0.4, -0.2) is 18.3 Å². The Labute approximate surface area is 833 Å². The zero-order valence-corrected chi connectivity index (χ0v) is 85.9. The third kappa shape index (κ3) is 21.5. The minimum Gasteiger partial charge on any atom is -0.399 e. The Hall–Kier alpha value is -9.74. The third-order valence-electron chi connectivity index (χ3n) is 30.1. The van der Waals surface area contributed by atoms with Crippen LogP contribution in [-0.2, 0) is 33.0 Å². The number of unbranched alkanes of at least 4 members (excludes halogenated alkanes) is 20. The van der Waals surface area contributed by atoms with Crippen LogP contribution >= 0.6 is 54.5 Å². The first-order valence-corrected chi connectivity index (χ1v) is 53.5. The van der Waals surface area contributed by atoms with Crippen LogP contribution in [0.15, 0.2) is 324 Å². The molecule has 0 radical (unpaired) electrons. The van der Waals surface area contributed by atoms with Crippen molar-refractivity contribution in [2.24, 2.45) is 0 Å². The Bertz CT molecular complexity index is 6150. The van der Waals surface area contributed by atoms with Gasteiger partial charge in [0.1, 0.15) is 12.2 Å². The molecule has 0 atom stereocenters. The molecule has 5 aliphatic carbocycles. The summed E-state index contributed by atoms with van der Waals surface area (Å²) in [7, 11) is -0.400. The van der Waals surface area contributed by atoms with Crippen molar-refractivity contribution in [3.8, 4) is 66.8 Å². The minimum absolute atomic E-state index is 0.0165. The molecule has 1 saturated heterocycles. The van der Waals surface area contributed by atoms with Crippen molar-refractivity contribution in [1.82, 2.24) is 0 Å². The fraction of sp³-hybridized carbons (Fsp3) is 0.333. The van der Waals surface area contributed by atoms with Crippen LogP contribution in [0.5, 0.6) is 0 Å². The van der Waals surface area contributed by atoms with Gasteiger partial charge in [-0.1, -0.05) is 384 Å². The van der Waals surface area contributed by atoms with E-state index in [1.54, 1.807) is 5.56 Å². The molecule has 4 nitrogen and oxygen atoms in total. The Morgan fingerprint density at radius 3 is 1.13 bits per heavy atom. The summed E-state index contributed by atoms with van der Waals surface area (Å²) in [5, 5.41) is 0. The molecule has 0 N–H and O–H groups in total.